The number of allylic oxidation sites excluding steroid dienone is 1. The number of hydrogen-bond acceptors (Lipinski definition) is 3. The van der Waals surface area contributed by atoms with E-state index in [1.807, 2.05) is 44.2 Å². The molecule has 2 aromatic rings. The van der Waals surface area contributed by atoms with Gasteiger partial charge in [0.25, 0.3) is 11.8 Å². The molecule has 0 spiro atoms. The first-order valence-electron chi connectivity index (χ1n) is 9.40. The van der Waals surface area contributed by atoms with Crippen molar-refractivity contribution in [3.8, 4) is 0 Å². The van der Waals surface area contributed by atoms with E-state index in [1.54, 1.807) is 24.3 Å². The van der Waals surface area contributed by atoms with E-state index in [0.29, 0.717) is 0 Å². The monoisotopic (exact) mass is 377 g/mol. The normalized spacial score (nSPS) is 14.9. The standard InChI is InChI=1S/C23H23NO4/c1-3-4-10-16(17-11-6-5-9-15(17)2)14-20(23(27)28)24-21(25)18-12-7-8-13-19(18)22(24)26/h5-13,20H,3-4,14H2,1-2H3,(H,27,28)/b16-10-/t20-/m0/s1. The van der Waals surface area contributed by atoms with Crippen molar-refractivity contribution in [1.82, 2.24) is 4.90 Å². The molecule has 0 radical (unpaired) electrons. The van der Waals surface area contributed by atoms with Crippen molar-refractivity contribution in [3.05, 3.63) is 76.9 Å². The topological polar surface area (TPSA) is 74.7 Å². The maximum absolute atomic E-state index is 12.8. The molecule has 5 heteroatoms. The molecular formula is C23H23NO4. The zero-order valence-corrected chi connectivity index (χ0v) is 16.0. The van der Waals surface area contributed by atoms with Gasteiger partial charge >= 0.3 is 5.97 Å². The van der Waals surface area contributed by atoms with E-state index in [-0.39, 0.29) is 17.5 Å². The number of fused-ring (bicyclic) bond motifs is 1. The van der Waals surface area contributed by atoms with Gasteiger partial charge in [0, 0.05) is 6.42 Å². The number of rotatable bonds is 7. The Labute approximate surface area is 164 Å². The molecule has 1 heterocycles. The molecule has 28 heavy (non-hydrogen) atoms. The molecule has 3 rings (SSSR count). The predicted molar refractivity (Wildman–Crippen MR) is 107 cm³/mol. The van der Waals surface area contributed by atoms with Crippen LogP contribution in [0.15, 0.2) is 54.6 Å². The Morgan fingerprint density at radius 1 is 1.04 bits per heavy atom. The van der Waals surface area contributed by atoms with Gasteiger partial charge < -0.3 is 5.11 Å². The highest BCUT2D eigenvalue weighted by atomic mass is 16.4. The van der Waals surface area contributed by atoms with Crippen molar-refractivity contribution in [2.24, 2.45) is 0 Å². The second-order valence-corrected chi connectivity index (χ2v) is 6.92. The lowest BCUT2D eigenvalue weighted by atomic mass is 9.93. The van der Waals surface area contributed by atoms with Crippen molar-refractivity contribution >= 4 is 23.4 Å². The summed E-state index contributed by atoms with van der Waals surface area (Å²) in [5.74, 6) is -2.29. The Morgan fingerprint density at radius 2 is 1.61 bits per heavy atom. The molecule has 5 nitrogen and oxygen atoms in total. The van der Waals surface area contributed by atoms with Crippen LogP contribution in [0.1, 0.15) is 58.0 Å². The number of carboxylic acid groups (broad SMARTS) is 1. The smallest absolute Gasteiger partial charge is 0.327 e. The van der Waals surface area contributed by atoms with Gasteiger partial charge in [-0.15, -0.1) is 0 Å². The molecule has 0 aromatic heterocycles. The van der Waals surface area contributed by atoms with Gasteiger partial charge in [0.15, 0.2) is 0 Å². The number of aryl methyl sites for hydroxylation is 1. The predicted octanol–water partition coefficient (Wildman–Crippen LogP) is 4.32. The Kier molecular flexibility index (Phi) is 5.73. The van der Waals surface area contributed by atoms with Crippen molar-refractivity contribution in [1.29, 1.82) is 0 Å². The summed E-state index contributed by atoms with van der Waals surface area (Å²) in [5, 5.41) is 9.87. The van der Waals surface area contributed by atoms with Crippen LogP contribution in [-0.4, -0.2) is 33.8 Å². The average molecular weight is 377 g/mol. The van der Waals surface area contributed by atoms with Crippen LogP contribution in [0.4, 0.5) is 0 Å². The minimum Gasteiger partial charge on any atom is -0.480 e. The molecule has 1 N–H and O–H groups in total. The van der Waals surface area contributed by atoms with Crippen LogP contribution in [0.3, 0.4) is 0 Å². The van der Waals surface area contributed by atoms with Crippen molar-refractivity contribution < 1.29 is 19.5 Å². The maximum Gasteiger partial charge on any atom is 0.327 e. The summed E-state index contributed by atoms with van der Waals surface area (Å²) in [5.41, 5.74) is 3.32. The number of unbranched alkanes of at least 4 members (excludes halogenated alkanes) is 1. The first-order valence-corrected chi connectivity index (χ1v) is 9.40. The van der Waals surface area contributed by atoms with Crippen LogP contribution in [-0.2, 0) is 4.79 Å². The number of imide groups is 1. The van der Waals surface area contributed by atoms with Gasteiger partial charge in [-0.3, -0.25) is 14.5 Å². The van der Waals surface area contributed by atoms with Crippen LogP contribution < -0.4 is 0 Å². The summed E-state index contributed by atoms with van der Waals surface area (Å²) in [7, 11) is 0. The highest BCUT2D eigenvalue weighted by Crippen LogP contribution is 2.31. The fourth-order valence-corrected chi connectivity index (χ4v) is 3.54. The molecular weight excluding hydrogens is 354 g/mol. The van der Waals surface area contributed by atoms with Crippen molar-refractivity contribution in [2.45, 2.75) is 39.2 Å². The van der Waals surface area contributed by atoms with Crippen LogP contribution in [0.2, 0.25) is 0 Å². The van der Waals surface area contributed by atoms with E-state index < -0.39 is 23.8 Å². The van der Waals surface area contributed by atoms with E-state index in [9.17, 15) is 19.5 Å². The third kappa shape index (κ3) is 3.60. The number of amides is 2. The van der Waals surface area contributed by atoms with E-state index in [4.69, 9.17) is 0 Å². The zero-order valence-electron chi connectivity index (χ0n) is 16.0. The highest BCUT2D eigenvalue weighted by Gasteiger charge is 2.43. The molecule has 2 aromatic carbocycles. The van der Waals surface area contributed by atoms with Crippen LogP contribution in [0.5, 0.6) is 0 Å². The SMILES string of the molecule is CCC/C=C(/C[C@@H](C(=O)O)N1C(=O)c2ccccc2C1=O)c1ccccc1C. The lowest BCUT2D eigenvalue weighted by molar-refractivity contribution is -0.141. The first kappa shape index (κ1) is 19.5. The zero-order chi connectivity index (χ0) is 20.3. The molecule has 0 saturated heterocycles. The minimum atomic E-state index is -1.25. The fraction of sp³-hybridized carbons (Fsp3) is 0.261. The molecule has 0 fully saturated rings. The van der Waals surface area contributed by atoms with E-state index in [0.717, 1.165) is 34.4 Å². The number of carboxylic acids is 1. The van der Waals surface area contributed by atoms with Crippen molar-refractivity contribution in [2.75, 3.05) is 0 Å². The average Bonchev–Trinajstić information content (AvgIpc) is 2.94. The molecule has 0 aliphatic carbocycles. The van der Waals surface area contributed by atoms with Crippen LogP contribution in [0.25, 0.3) is 5.57 Å². The van der Waals surface area contributed by atoms with Gasteiger partial charge in [-0.25, -0.2) is 4.79 Å². The van der Waals surface area contributed by atoms with E-state index in [2.05, 4.69) is 0 Å². The Hall–Kier alpha value is -3.21. The number of hydrogen-bond donors (Lipinski definition) is 1. The van der Waals surface area contributed by atoms with Crippen LogP contribution >= 0.6 is 0 Å². The van der Waals surface area contributed by atoms with Gasteiger partial charge in [0.05, 0.1) is 11.1 Å². The second kappa shape index (κ2) is 8.21. The lowest BCUT2D eigenvalue weighted by Crippen LogP contribution is -2.45. The van der Waals surface area contributed by atoms with E-state index >= 15 is 0 Å². The maximum atomic E-state index is 12.8. The summed E-state index contributed by atoms with van der Waals surface area (Å²) >= 11 is 0. The van der Waals surface area contributed by atoms with Gasteiger partial charge in [-0.1, -0.05) is 55.8 Å². The summed E-state index contributed by atoms with van der Waals surface area (Å²) < 4.78 is 0. The molecule has 1 atom stereocenters. The number of aliphatic carboxylic acids is 1. The Balaban J connectivity index is 1.99. The minimum absolute atomic E-state index is 0.0751. The summed E-state index contributed by atoms with van der Waals surface area (Å²) in [6.45, 7) is 4.01. The largest absolute Gasteiger partial charge is 0.480 e. The van der Waals surface area contributed by atoms with Crippen molar-refractivity contribution in [3.63, 3.8) is 0 Å². The Bertz CT molecular complexity index is 926. The van der Waals surface area contributed by atoms with E-state index in [1.165, 1.54) is 0 Å². The summed E-state index contributed by atoms with van der Waals surface area (Å²) in [4.78, 5) is 38.5. The number of benzene rings is 2. The molecule has 1 aliphatic heterocycles. The number of carbonyl (C=O) groups is 3. The first-order chi connectivity index (χ1) is 13.5. The van der Waals surface area contributed by atoms with Gasteiger partial charge in [0.2, 0.25) is 0 Å². The Morgan fingerprint density at radius 3 is 2.14 bits per heavy atom. The summed E-state index contributed by atoms with van der Waals surface area (Å²) in [6.07, 6.45) is 3.79. The second-order valence-electron chi connectivity index (χ2n) is 6.92. The van der Waals surface area contributed by atoms with Gasteiger partial charge in [-0.05, 0) is 42.2 Å². The number of nitrogens with zero attached hydrogens (tertiary/aromatic N) is 1. The molecule has 2 amide bonds. The van der Waals surface area contributed by atoms with Gasteiger partial charge in [-0.2, -0.15) is 0 Å². The fourth-order valence-electron chi connectivity index (χ4n) is 3.54. The quantitative estimate of drug-likeness (QED) is 0.729. The molecule has 0 bridgehead atoms. The lowest BCUT2D eigenvalue weighted by Gasteiger charge is -2.24. The molecule has 0 saturated carbocycles. The third-order valence-corrected chi connectivity index (χ3v) is 5.01. The molecule has 1 aliphatic rings. The van der Waals surface area contributed by atoms with Crippen LogP contribution in [0, 0.1) is 6.92 Å². The highest BCUT2D eigenvalue weighted by molar-refractivity contribution is 6.22. The van der Waals surface area contributed by atoms with Gasteiger partial charge in [0.1, 0.15) is 6.04 Å². The number of carbonyl (C=O) groups excluding carboxylic acids is 2. The summed E-state index contributed by atoms with van der Waals surface area (Å²) in [6, 6.07) is 12.9. The molecule has 0 unspecified atom stereocenters. The third-order valence-electron chi connectivity index (χ3n) is 5.01. The molecule has 144 valence electrons.